The van der Waals surface area contributed by atoms with Crippen molar-refractivity contribution in [3.63, 3.8) is 0 Å². The van der Waals surface area contributed by atoms with E-state index in [2.05, 4.69) is 66.7 Å². The van der Waals surface area contributed by atoms with E-state index in [-0.39, 0.29) is 40.4 Å². The summed E-state index contributed by atoms with van der Waals surface area (Å²) < 4.78 is 0. The number of hydrogen-bond donors (Lipinski definition) is 0. The molecule has 1 fully saturated rings. The Morgan fingerprint density at radius 2 is 1.65 bits per heavy atom. The van der Waals surface area contributed by atoms with E-state index < -0.39 is 0 Å². The molecular formula is C16H25Na. The van der Waals surface area contributed by atoms with Gasteiger partial charge in [-0.05, 0) is 16.7 Å². The zero-order valence-corrected chi connectivity index (χ0v) is 14.8. The first kappa shape index (κ1) is 15.4. The van der Waals surface area contributed by atoms with Crippen molar-refractivity contribution >= 4 is 0 Å². The van der Waals surface area contributed by atoms with Crippen LogP contribution in [0.5, 0.6) is 0 Å². The molecule has 0 radical (unpaired) electrons. The Morgan fingerprint density at radius 1 is 1.12 bits per heavy atom. The monoisotopic (exact) mass is 240 g/mol. The molecule has 2 aliphatic rings. The van der Waals surface area contributed by atoms with Crippen LogP contribution in [0.3, 0.4) is 0 Å². The van der Waals surface area contributed by atoms with E-state index in [0.29, 0.717) is 11.3 Å². The Labute approximate surface area is 129 Å². The standard InChI is InChI=1S/C16H25.Na/c1-11-9-8-10-13-12(2)14(3,4)15(5,6)16(11,13)7;/h8-11H,1-7H3;/q-1;+1. The Balaban J connectivity index is 0.00000144. The third-order valence-corrected chi connectivity index (χ3v) is 6.34. The number of hydrogen-bond acceptors (Lipinski definition) is 0. The first-order valence-corrected chi connectivity index (χ1v) is 6.40. The molecule has 2 atom stereocenters. The molecule has 0 saturated heterocycles. The maximum atomic E-state index is 2.45. The summed E-state index contributed by atoms with van der Waals surface area (Å²) in [6, 6.07) is 0. The molecule has 0 nitrogen and oxygen atoms in total. The minimum absolute atomic E-state index is 0. The maximum absolute atomic E-state index is 2.45. The van der Waals surface area contributed by atoms with Crippen LogP contribution in [0.1, 0.15) is 48.5 Å². The predicted molar refractivity (Wildman–Crippen MR) is 71.0 cm³/mol. The molecule has 0 bridgehead atoms. The van der Waals surface area contributed by atoms with Gasteiger partial charge in [0, 0.05) is 0 Å². The van der Waals surface area contributed by atoms with Crippen LogP contribution in [0.2, 0.25) is 0 Å². The van der Waals surface area contributed by atoms with Gasteiger partial charge in [-0.2, -0.15) is 0 Å². The second-order valence-electron chi connectivity index (χ2n) is 6.83. The molecule has 0 spiro atoms. The van der Waals surface area contributed by atoms with Gasteiger partial charge in [0.15, 0.2) is 0 Å². The molecule has 0 N–H and O–H groups in total. The van der Waals surface area contributed by atoms with Gasteiger partial charge in [0.05, 0.1) is 0 Å². The fraction of sp³-hybridized carbons (Fsp3) is 0.688. The summed E-state index contributed by atoms with van der Waals surface area (Å²) in [7, 11) is 0. The average Bonchev–Trinajstić information content (AvgIpc) is 2.29. The van der Waals surface area contributed by atoms with Crippen molar-refractivity contribution in [1.29, 1.82) is 0 Å². The van der Waals surface area contributed by atoms with Crippen molar-refractivity contribution in [3.8, 4) is 0 Å². The smallest absolute Gasteiger partial charge is 0.209 e. The second kappa shape index (κ2) is 4.18. The van der Waals surface area contributed by atoms with Gasteiger partial charge < -0.3 is 0 Å². The summed E-state index contributed by atoms with van der Waals surface area (Å²) >= 11 is 0. The van der Waals surface area contributed by atoms with Gasteiger partial charge in [0.1, 0.15) is 0 Å². The van der Waals surface area contributed by atoms with Crippen LogP contribution < -0.4 is 29.6 Å². The molecule has 0 heterocycles. The summed E-state index contributed by atoms with van der Waals surface area (Å²) in [4.78, 5) is 0. The van der Waals surface area contributed by atoms with Crippen LogP contribution in [0.15, 0.2) is 23.8 Å². The zero-order chi connectivity index (χ0) is 12.4. The second-order valence-corrected chi connectivity index (χ2v) is 6.83. The third-order valence-electron chi connectivity index (χ3n) is 6.34. The van der Waals surface area contributed by atoms with E-state index in [1.54, 1.807) is 11.5 Å². The Morgan fingerprint density at radius 3 is 2.12 bits per heavy atom. The summed E-state index contributed by atoms with van der Waals surface area (Å²) in [5.74, 6) is 2.20. The minimum Gasteiger partial charge on any atom is -0.209 e. The molecule has 2 rings (SSSR count). The van der Waals surface area contributed by atoms with Crippen molar-refractivity contribution in [2.45, 2.75) is 48.5 Å². The average molecular weight is 240 g/mol. The van der Waals surface area contributed by atoms with E-state index in [0.717, 1.165) is 0 Å². The van der Waals surface area contributed by atoms with E-state index in [4.69, 9.17) is 0 Å². The normalized spacial score (nSPS) is 37.2. The van der Waals surface area contributed by atoms with Gasteiger partial charge in [0.25, 0.3) is 0 Å². The molecule has 0 aliphatic heterocycles. The Kier molecular flexibility index (Phi) is 3.79. The van der Waals surface area contributed by atoms with Gasteiger partial charge in [-0.25, -0.2) is 17.6 Å². The molecule has 0 aromatic rings. The summed E-state index contributed by atoms with van der Waals surface area (Å²) in [5, 5.41) is 0. The van der Waals surface area contributed by atoms with Gasteiger partial charge in [-0.3, -0.25) is 0 Å². The van der Waals surface area contributed by atoms with E-state index >= 15 is 0 Å². The van der Waals surface area contributed by atoms with Gasteiger partial charge in [-0.1, -0.05) is 53.0 Å². The van der Waals surface area contributed by atoms with E-state index in [1.807, 2.05) is 0 Å². The van der Waals surface area contributed by atoms with Crippen LogP contribution >= 0.6 is 0 Å². The van der Waals surface area contributed by atoms with Crippen molar-refractivity contribution in [2.75, 3.05) is 0 Å². The molecule has 17 heavy (non-hydrogen) atoms. The molecule has 0 aromatic carbocycles. The summed E-state index contributed by atoms with van der Waals surface area (Å²) in [6.07, 6.45) is 6.94. The largest absolute Gasteiger partial charge is 1.00 e. The van der Waals surface area contributed by atoms with Crippen molar-refractivity contribution in [1.82, 2.24) is 0 Å². The van der Waals surface area contributed by atoms with Crippen LogP contribution in [0.25, 0.3) is 0 Å². The first-order valence-electron chi connectivity index (χ1n) is 6.40. The topological polar surface area (TPSA) is 0 Å². The van der Waals surface area contributed by atoms with Gasteiger partial charge in [-0.15, -0.1) is 13.0 Å². The molecule has 1 heteroatoms. The van der Waals surface area contributed by atoms with Crippen LogP contribution in [-0.2, 0) is 0 Å². The molecule has 90 valence electrons. The van der Waals surface area contributed by atoms with E-state index in [9.17, 15) is 0 Å². The molecular weight excluding hydrogens is 215 g/mol. The first-order chi connectivity index (χ1) is 7.17. The fourth-order valence-corrected chi connectivity index (χ4v) is 3.80. The number of allylic oxidation sites excluding steroid dienone is 4. The van der Waals surface area contributed by atoms with Crippen molar-refractivity contribution in [3.05, 3.63) is 29.7 Å². The predicted octanol–water partition coefficient (Wildman–Crippen LogP) is 1.79. The van der Waals surface area contributed by atoms with Crippen molar-refractivity contribution < 1.29 is 29.6 Å². The minimum atomic E-state index is 0. The van der Waals surface area contributed by atoms with Crippen LogP contribution in [-0.4, -0.2) is 0 Å². The molecule has 0 amide bonds. The summed E-state index contributed by atoms with van der Waals surface area (Å²) in [5.41, 5.74) is 2.46. The summed E-state index contributed by atoms with van der Waals surface area (Å²) in [6.45, 7) is 16.8. The SMILES string of the molecule is C[C-]1C2=CC=CC(C)C2(C)C(C)(C)C1(C)C.[Na+]. The molecule has 0 aromatic heterocycles. The van der Waals surface area contributed by atoms with E-state index in [1.165, 1.54) is 0 Å². The quantitative estimate of drug-likeness (QED) is 0.447. The van der Waals surface area contributed by atoms with Gasteiger partial charge >= 0.3 is 29.6 Å². The molecule has 2 unspecified atom stereocenters. The molecule has 2 aliphatic carbocycles. The third kappa shape index (κ3) is 1.57. The van der Waals surface area contributed by atoms with Crippen LogP contribution in [0, 0.1) is 28.1 Å². The number of rotatable bonds is 0. The number of fused-ring (bicyclic) bond motifs is 1. The Bertz CT molecular complexity index is 373. The maximum Gasteiger partial charge on any atom is 1.00 e. The van der Waals surface area contributed by atoms with Crippen molar-refractivity contribution in [2.24, 2.45) is 22.2 Å². The van der Waals surface area contributed by atoms with Crippen LogP contribution in [0.4, 0.5) is 0 Å². The zero-order valence-electron chi connectivity index (χ0n) is 12.8. The Hall–Kier alpha value is 0.350. The molecule has 1 saturated carbocycles. The van der Waals surface area contributed by atoms with Gasteiger partial charge in [0.2, 0.25) is 0 Å². The fourth-order valence-electron chi connectivity index (χ4n) is 3.80.